The van der Waals surface area contributed by atoms with Gasteiger partial charge in [-0.05, 0) is 27.2 Å². The van der Waals surface area contributed by atoms with Crippen molar-refractivity contribution in [3.63, 3.8) is 0 Å². The highest BCUT2D eigenvalue weighted by molar-refractivity contribution is 7.15. The van der Waals surface area contributed by atoms with Crippen molar-refractivity contribution in [1.29, 1.82) is 0 Å². The summed E-state index contributed by atoms with van der Waals surface area (Å²) in [6.45, 7) is 14.1. The number of rotatable bonds is 2. The van der Waals surface area contributed by atoms with Crippen molar-refractivity contribution in [3.8, 4) is 0 Å². The van der Waals surface area contributed by atoms with E-state index in [4.69, 9.17) is 0 Å². The van der Waals surface area contributed by atoms with Gasteiger partial charge in [0.1, 0.15) is 5.01 Å². The highest BCUT2D eigenvalue weighted by atomic mass is 32.1. The van der Waals surface area contributed by atoms with E-state index in [9.17, 15) is 4.79 Å². The maximum Gasteiger partial charge on any atom is 0.225 e. The van der Waals surface area contributed by atoms with Crippen LogP contribution in [0.15, 0.2) is 0 Å². The molecule has 0 spiro atoms. The Kier molecular flexibility index (Phi) is 4.29. The van der Waals surface area contributed by atoms with E-state index in [1.807, 2.05) is 20.8 Å². The zero-order chi connectivity index (χ0) is 15.8. The van der Waals surface area contributed by atoms with Gasteiger partial charge in [-0.2, -0.15) is 0 Å². The van der Waals surface area contributed by atoms with E-state index >= 15 is 0 Å². The molecular formula is C15H26N4OS. The maximum atomic E-state index is 12.2. The molecule has 21 heavy (non-hydrogen) atoms. The minimum absolute atomic E-state index is 0.0264. The quantitative estimate of drug-likeness (QED) is 0.912. The first-order valence-corrected chi connectivity index (χ1v) is 8.29. The van der Waals surface area contributed by atoms with Crippen molar-refractivity contribution in [1.82, 2.24) is 15.5 Å². The number of carbonyl (C=O) groups excluding carboxylic acids is 1. The Morgan fingerprint density at radius 2 is 1.90 bits per heavy atom. The van der Waals surface area contributed by atoms with Crippen molar-refractivity contribution in [2.75, 3.05) is 18.0 Å². The third-order valence-electron chi connectivity index (χ3n) is 3.38. The molecular weight excluding hydrogens is 284 g/mol. The average molecular weight is 310 g/mol. The summed E-state index contributed by atoms with van der Waals surface area (Å²) >= 11 is 1.64. The van der Waals surface area contributed by atoms with Crippen LogP contribution in [0.1, 0.15) is 53.0 Å². The number of hydrogen-bond acceptors (Lipinski definition) is 5. The summed E-state index contributed by atoms with van der Waals surface area (Å²) in [7, 11) is 0. The van der Waals surface area contributed by atoms with Crippen LogP contribution in [0, 0.1) is 5.92 Å². The molecule has 1 aliphatic rings. The molecule has 1 aromatic rings. The molecule has 5 nitrogen and oxygen atoms in total. The molecule has 1 aromatic heterocycles. The molecule has 6 heteroatoms. The molecule has 0 bridgehead atoms. The number of nitrogens with one attached hydrogen (secondary N) is 1. The lowest BCUT2D eigenvalue weighted by molar-refractivity contribution is -0.125. The first-order valence-electron chi connectivity index (χ1n) is 7.47. The number of amides is 1. The van der Waals surface area contributed by atoms with E-state index in [2.05, 4.69) is 41.2 Å². The highest BCUT2D eigenvalue weighted by Crippen LogP contribution is 2.32. The number of carbonyl (C=O) groups is 1. The molecule has 1 aliphatic heterocycles. The number of hydrogen-bond donors (Lipinski definition) is 1. The predicted molar refractivity (Wildman–Crippen MR) is 86.8 cm³/mol. The van der Waals surface area contributed by atoms with E-state index in [1.54, 1.807) is 11.3 Å². The minimum atomic E-state index is -0.174. The summed E-state index contributed by atoms with van der Waals surface area (Å²) in [5, 5.41) is 13.6. The molecule has 1 unspecified atom stereocenters. The summed E-state index contributed by atoms with van der Waals surface area (Å²) in [6, 6.07) is 0. The lowest BCUT2D eigenvalue weighted by Gasteiger charge is -2.23. The van der Waals surface area contributed by atoms with Crippen LogP contribution in [-0.4, -0.2) is 34.7 Å². The van der Waals surface area contributed by atoms with Crippen LogP contribution in [0.4, 0.5) is 5.13 Å². The monoisotopic (exact) mass is 310 g/mol. The number of aromatic nitrogens is 2. The van der Waals surface area contributed by atoms with E-state index in [0.29, 0.717) is 0 Å². The van der Waals surface area contributed by atoms with Crippen LogP contribution in [0.5, 0.6) is 0 Å². The van der Waals surface area contributed by atoms with E-state index in [0.717, 1.165) is 29.6 Å². The third kappa shape index (κ3) is 4.15. The molecule has 2 rings (SSSR count). The van der Waals surface area contributed by atoms with Crippen LogP contribution >= 0.6 is 11.3 Å². The Labute approximate surface area is 131 Å². The Morgan fingerprint density at radius 1 is 1.24 bits per heavy atom. The highest BCUT2D eigenvalue weighted by Gasteiger charge is 2.32. The zero-order valence-electron chi connectivity index (χ0n) is 13.9. The van der Waals surface area contributed by atoms with Crippen LogP contribution in [0.25, 0.3) is 0 Å². The Hall–Kier alpha value is -1.17. The fourth-order valence-corrected chi connectivity index (χ4v) is 3.20. The molecule has 1 amide bonds. The van der Waals surface area contributed by atoms with Crippen LogP contribution in [0.2, 0.25) is 0 Å². The summed E-state index contributed by atoms with van der Waals surface area (Å²) in [4.78, 5) is 14.4. The van der Waals surface area contributed by atoms with Crippen LogP contribution in [0.3, 0.4) is 0 Å². The fraction of sp³-hybridized carbons (Fsp3) is 0.800. The smallest absolute Gasteiger partial charge is 0.225 e. The van der Waals surface area contributed by atoms with Gasteiger partial charge in [-0.25, -0.2) is 0 Å². The van der Waals surface area contributed by atoms with E-state index in [1.165, 1.54) is 0 Å². The third-order valence-corrected chi connectivity index (χ3v) is 4.79. The normalized spacial score (nSPS) is 19.9. The van der Waals surface area contributed by atoms with E-state index in [-0.39, 0.29) is 22.8 Å². The second-order valence-corrected chi connectivity index (χ2v) is 8.77. The lowest BCUT2D eigenvalue weighted by atomic mass is 9.98. The molecule has 118 valence electrons. The number of nitrogens with zero attached hydrogens (tertiary/aromatic N) is 3. The average Bonchev–Trinajstić information content (AvgIpc) is 2.95. The number of anilines is 1. The van der Waals surface area contributed by atoms with Gasteiger partial charge in [0.25, 0.3) is 0 Å². The Bertz CT molecular complexity index is 512. The molecule has 0 aliphatic carbocycles. The molecule has 0 radical (unpaired) electrons. The van der Waals surface area contributed by atoms with Gasteiger partial charge in [0.15, 0.2) is 0 Å². The fourth-order valence-electron chi connectivity index (χ4n) is 2.27. The van der Waals surface area contributed by atoms with Gasteiger partial charge in [-0.15, -0.1) is 10.2 Å². The topological polar surface area (TPSA) is 58.1 Å². The molecule has 1 N–H and O–H groups in total. The molecule has 2 heterocycles. The van der Waals surface area contributed by atoms with Gasteiger partial charge < -0.3 is 10.2 Å². The predicted octanol–water partition coefficient (Wildman–Crippen LogP) is 2.58. The molecule has 1 saturated heterocycles. The van der Waals surface area contributed by atoms with Crippen molar-refractivity contribution in [2.45, 2.75) is 58.9 Å². The van der Waals surface area contributed by atoms with Gasteiger partial charge in [0, 0.05) is 24.0 Å². The lowest BCUT2D eigenvalue weighted by Crippen LogP contribution is -2.44. The SMILES string of the molecule is CC(C)(C)NC(=O)C1CCN(c2nnc(C(C)(C)C)s2)C1. The largest absolute Gasteiger partial charge is 0.351 e. The standard InChI is InChI=1S/C15H26N4OS/c1-14(2,3)12-17-18-13(21-12)19-8-7-10(9-19)11(20)16-15(4,5)6/h10H,7-9H2,1-6H3,(H,16,20). The molecule has 0 saturated carbocycles. The van der Waals surface area contributed by atoms with Crippen molar-refractivity contribution >= 4 is 22.4 Å². The summed E-state index contributed by atoms with van der Waals surface area (Å²) in [6.07, 6.45) is 0.881. The van der Waals surface area contributed by atoms with Gasteiger partial charge in [-0.1, -0.05) is 32.1 Å². The summed E-state index contributed by atoms with van der Waals surface area (Å²) in [5.41, 5.74) is -0.148. The first-order chi connectivity index (χ1) is 9.56. The summed E-state index contributed by atoms with van der Waals surface area (Å²) in [5.74, 6) is 0.191. The Morgan fingerprint density at radius 3 is 2.43 bits per heavy atom. The van der Waals surface area contributed by atoms with Gasteiger partial charge >= 0.3 is 0 Å². The second-order valence-electron chi connectivity index (χ2n) is 7.81. The van der Waals surface area contributed by atoms with Crippen molar-refractivity contribution in [2.24, 2.45) is 5.92 Å². The van der Waals surface area contributed by atoms with Gasteiger partial charge in [-0.3, -0.25) is 4.79 Å². The van der Waals surface area contributed by atoms with E-state index < -0.39 is 0 Å². The van der Waals surface area contributed by atoms with Gasteiger partial charge in [0.2, 0.25) is 11.0 Å². The van der Waals surface area contributed by atoms with Crippen LogP contribution in [-0.2, 0) is 10.2 Å². The zero-order valence-corrected chi connectivity index (χ0v) is 14.7. The molecule has 1 fully saturated rings. The van der Waals surface area contributed by atoms with Crippen molar-refractivity contribution < 1.29 is 4.79 Å². The molecule has 1 atom stereocenters. The second kappa shape index (κ2) is 5.55. The van der Waals surface area contributed by atoms with Crippen LogP contribution < -0.4 is 10.2 Å². The van der Waals surface area contributed by atoms with Gasteiger partial charge in [0.05, 0.1) is 5.92 Å². The molecule has 0 aromatic carbocycles. The Balaban J connectivity index is 1.99. The van der Waals surface area contributed by atoms with Crippen molar-refractivity contribution in [3.05, 3.63) is 5.01 Å². The first kappa shape index (κ1) is 16.2. The minimum Gasteiger partial charge on any atom is -0.351 e. The maximum absolute atomic E-state index is 12.2. The summed E-state index contributed by atoms with van der Waals surface area (Å²) < 4.78 is 0.